The third kappa shape index (κ3) is 3.88. The monoisotopic (exact) mass is 378 g/mol. The lowest BCUT2D eigenvalue weighted by atomic mass is 9.96. The van der Waals surface area contributed by atoms with E-state index in [9.17, 15) is 0 Å². The number of rotatable bonds is 5. The molecule has 3 aromatic carbocycles. The molecular formula is C23H22O3S. The van der Waals surface area contributed by atoms with E-state index in [0.29, 0.717) is 13.2 Å². The maximum atomic E-state index is 6.20. The van der Waals surface area contributed by atoms with Crippen LogP contribution in [0.25, 0.3) is 0 Å². The Bertz CT molecular complexity index is 854. The van der Waals surface area contributed by atoms with Crippen molar-refractivity contribution in [2.24, 2.45) is 0 Å². The quantitative estimate of drug-likeness (QED) is 0.587. The fourth-order valence-electron chi connectivity index (χ4n) is 3.21. The molecule has 1 aliphatic rings. The number of benzene rings is 3. The molecule has 0 unspecified atom stereocenters. The Morgan fingerprint density at radius 1 is 0.741 bits per heavy atom. The second kappa shape index (κ2) is 8.17. The SMILES string of the molecule is COc1ccc(C2(c3ccc(Sc4ccccc4)cc3)OCCCO2)cc1. The molecule has 0 atom stereocenters. The minimum Gasteiger partial charge on any atom is -0.497 e. The van der Waals surface area contributed by atoms with E-state index in [2.05, 4.69) is 48.5 Å². The first-order valence-corrected chi connectivity index (χ1v) is 9.88. The summed E-state index contributed by atoms with van der Waals surface area (Å²) >= 11 is 1.74. The average molecular weight is 378 g/mol. The summed E-state index contributed by atoms with van der Waals surface area (Å²) in [5, 5.41) is 0. The fourth-order valence-corrected chi connectivity index (χ4v) is 4.05. The second-order valence-electron chi connectivity index (χ2n) is 6.34. The summed E-state index contributed by atoms with van der Waals surface area (Å²) in [5.74, 6) is -0.0418. The van der Waals surface area contributed by atoms with Crippen molar-refractivity contribution in [3.05, 3.63) is 90.0 Å². The van der Waals surface area contributed by atoms with Crippen molar-refractivity contribution in [1.29, 1.82) is 0 Å². The molecule has 0 spiro atoms. The van der Waals surface area contributed by atoms with Crippen LogP contribution < -0.4 is 4.74 Å². The van der Waals surface area contributed by atoms with E-state index in [1.165, 1.54) is 9.79 Å². The van der Waals surface area contributed by atoms with Crippen LogP contribution in [-0.4, -0.2) is 20.3 Å². The zero-order valence-corrected chi connectivity index (χ0v) is 16.1. The van der Waals surface area contributed by atoms with Gasteiger partial charge in [-0.05, 0) is 55.0 Å². The summed E-state index contributed by atoms with van der Waals surface area (Å²) in [6.45, 7) is 1.35. The van der Waals surface area contributed by atoms with Crippen LogP contribution in [0.15, 0.2) is 88.7 Å². The van der Waals surface area contributed by atoms with E-state index >= 15 is 0 Å². The molecule has 0 aliphatic carbocycles. The smallest absolute Gasteiger partial charge is 0.222 e. The van der Waals surface area contributed by atoms with Gasteiger partial charge in [0.25, 0.3) is 0 Å². The van der Waals surface area contributed by atoms with Gasteiger partial charge in [-0.3, -0.25) is 0 Å². The summed E-state index contributed by atoms with van der Waals surface area (Å²) in [7, 11) is 1.67. The molecule has 138 valence electrons. The molecular weight excluding hydrogens is 356 g/mol. The number of hydrogen-bond acceptors (Lipinski definition) is 4. The maximum Gasteiger partial charge on any atom is 0.222 e. The van der Waals surface area contributed by atoms with Crippen LogP contribution in [0.5, 0.6) is 5.75 Å². The molecule has 0 saturated carbocycles. The molecule has 0 N–H and O–H groups in total. The first kappa shape index (κ1) is 18.1. The predicted octanol–water partition coefficient (Wildman–Crippen LogP) is 5.48. The minimum atomic E-state index is -0.861. The minimum absolute atomic E-state index is 0.673. The summed E-state index contributed by atoms with van der Waals surface area (Å²) in [6, 6.07) is 26.7. The van der Waals surface area contributed by atoms with E-state index in [4.69, 9.17) is 14.2 Å². The Labute approximate surface area is 164 Å². The van der Waals surface area contributed by atoms with Gasteiger partial charge in [-0.2, -0.15) is 0 Å². The molecule has 1 aliphatic heterocycles. The van der Waals surface area contributed by atoms with Gasteiger partial charge in [-0.15, -0.1) is 0 Å². The van der Waals surface area contributed by atoms with Gasteiger partial charge in [0, 0.05) is 20.9 Å². The lowest BCUT2D eigenvalue weighted by molar-refractivity contribution is -0.249. The highest BCUT2D eigenvalue weighted by molar-refractivity contribution is 7.99. The van der Waals surface area contributed by atoms with Gasteiger partial charge >= 0.3 is 0 Å². The van der Waals surface area contributed by atoms with Crippen LogP contribution in [0, 0.1) is 0 Å². The van der Waals surface area contributed by atoms with Gasteiger partial charge in [-0.25, -0.2) is 0 Å². The van der Waals surface area contributed by atoms with Crippen LogP contribution in [0.3, 0.4) is 0 Å². The molecule has 0 bridgehead atoms. The van der Waals surface area contributed by atoms with Gasteiger partial charge < -0.3 is 14.2 Å². The maximum absolute atomic E-state index is 6.20. The normalized spacial score (nSPS) is 16.0. The Hall–Kier alpha value is -2.27. The third-order valence-corrected chi connectivity index (χ3v) is 5.60. The van der Waals surface area contributed by atoms with Crippen LogP contribution in [0.2, 0.25) is 0 Å². The third-order valence-electron chi connectivity index (χ3n) is 4.58. The van der Waals surface area contributed by atoms with E-state index in [-0.39, 0.29) is 0 Å². The highest BCUT2D eigenvalue weighted by Gasteiger charge is 2.38. The zero-order valence-electron chi connectivity index (χ0n) is 15.3. The van der Waals surface area contributed by atoms with Crippen LogP contribution in [0.1, 0.15) is 17.5 Å². The molecule has 27 heavy (non-hydrogen) atoms. The second-order valence-corrected chi connectivity index (χ2v) is 7.48. The Kier molecular flexibility index (Phi) is 5.48. The largest absolute Gasteiger partial charge is 0.497 e. The van der Waals surface area contributed by atoms with Gasteiger partial charge in [0.15, 0.2) is 0 Å². The van der Waals surface area contributed by atoms with Crippen molar-refractivity contribution in [1.82, 2.24) is 0 Å². The zero-order chi connectivity index (χ0) is 18.5. The fraction of sp³-hybridized carbons (Fsp3) is 0.217. The van der Waals surface area contributed by atoms with Gasteiger partial charge in [0.2, 0.25) is 5.79 Å². The lowest BCUT2D eigenvalue weighted by Crippen LogP contribution is -2.39. The van der Waals surface area contributed by atoms with Crippen molar-refractivity contribution in [3.63, 3.8) is 0 Å². The first-order chi connectivity index (χ1) is 13.3. The van der Waals surface area contributed by atoms with Crippen LogP contribution in [0.4, 0.5) is 0 Å². The summed E-state index contributed by atoms with van der Waals surface area (Å²) in [6.07, 6.45) is 0.903. The summed E-state index contributed by atoms with van der Waals surface area (Å²) in [4.78, 5) is 2.41. The Morgan fingerprint density at radius 2 is 1.30 bits per heavy atom. The highest BCUT2D eigenvalue weighted by atomic mass is 32.2. The number of hydrogen-bond donors (Lipinski definition) is 0. The average Bonchev–Trinajstić information content (AvgIpc) is 2.75. The van der Waals surface area contributed by atoms with E-state index in [1.807, 2.05) is 30.3 Å². The molecule has 3 aromatic rings. The van der Waals surface area contributed by atoms with Crippen LogP contribution >= 0.6 is 11.8 Å². The molecule has 0 aromatic heterocycles. The van der Waals surface area contributed by atoms with Gasteiger partial charge in [0.1, 0.15) is 5.75 Å². The van der Waals surface area contributed by atoms with Crippen molar-refractivity contribution >= 4 is 11.8 Å². The molecule has 3 nitrogen and oxygen atoms in total. The molecule has 1 saturated heterocycles. The van der Waals surface area contributed by atoms with Crippen molar-refractivity contribution in [2.75, 3.05) is 20.3 Å². The van der Waals surface area contributed by atoms with E-state index in [0.717, 1.165) is 23.3 Å². The van der Waals surface area contributed by atoms with Crippen LogP contribution in [-0.2, 0) is 15.3 Å². The standard InChI is InChI=1S/C23H22O3S/c1-24-20-12-8-18(9-13-20)23(25-16-5-17-26-23)19-10-14-22(15-11-19)27-21-6-3-2-4-7-21/h2-4,6-15H,5,16-17H2,1H3. The number of ether oxygens (including phenoxy) is 3. The summed E-state index contributed by atoms with van der Waals surface area (Å²) < 4.78 is 17.7. The molecule has 4 heteroatoms. The van der Waals surface area contributed by atoms with Gasteiger partial charge in [-0.1, -0.05) is 42.1 Å². The highest BCUT2D eigenvalue weighted by Crippen LogP contribution is 2.39. The van der Waals surface area contributed by atoms with Crippen molar-refractivity contribution < 1.29 is 14.2 Å². The van der Waals surface area contributed by atoms with E-state index < -0.39 is 5.79 Å². The summed E-state index contributed by atoms with van der Waals surface area (Å²) in [5.41, 5.74) is 1.98. The topological polar surface area (TPSA) is 27.7 Å². The van der Waals surface area contributed by atoms with Gasteiger partial charge in [0.05, 0.1) is 20.3 Å². The Balaban J connectivity index is 1.64. The molecule has 1 heterocycles. The lowest BCUT2D eigenvalue weighted by Gasteiger charge is -2.38. The molecule has 0 amide bonds. The Morgan fingerprint density at radius 3 is 1.89 bits per heavy atom. The van der Waals surface area contributed by atoms with E-state index in [1.54, 1.807) is 18.9 Å². The predicted molar refractivity (Wildman–Crippen MR) is 107 cm³/mol. The van der Waals surface area contributed by atoms with Crippen molar-refractivity contribution in [2.45, 2.75) is 22.0 Å². The number of methoxy groups -OCH3 is 1. The molecule has 0 radical (unpaired) electrons. The molecule has 4 rings (SSSR count). The molecule has 1 fully saturated rings. The first-order valence-electron chi connectivity index (χ1n) is 9.06. The van der Waals surface area contributed by atoms with Crippen molar-refractivity contribution in [3.8, 4) is 5.75 Å².